The van der Waals surface area contributed by atoms with Crippen molar-refractivity contribution in [2.45, 2.75) is 37.6 Å². The normalized spacial score (nSPS) is 29.3. The van der Waals surface area contributed by atoms with Crippen LogP contribution in [0.5, 0.6) is 0 Å². The molecule has 5 atom stereocenters. The van der Waals surface area contributed by atoms with Crippen molar-refractivity contribution in [2.24, 2.45) is 0 Å². The van der Waals surface area contributed by atoms with E-state index in [0.29, 0.717) is 11.3 Å². The molecule has 0 amide bonds. The molecule has 5 N–H and O–H groups in total. The number of aryl methyl sites for hydroxylation is 1. The van der Waals surface area contributed by atoms with Gasteiger partial charge in [0.05, 0.1) is 11.5 Å². The van der Waals surface area contributed by atoms with Crippen molar-refractivity contribution in [1.29, 1.82) is 0 Å². The summed E-state index contributed by atoms with van der Waals surface area (Å²) in [5.41, 5.74) is 0.717. The number of benzene rings is 1. The first-order valence-electron chi connectivity index (χ1n) is 6.67. The second-order valence-corrected chi connectivity index (χ2v) is 5.16. The summed E-state index contributed by atoms with van der Waals surface area (Å²) in [4.78, 5) is 10.4. The van der Waals surface area contributed by atoms with Crippen LogP contribution in [0.3, 0.4) is 0 Å². The molecule has 1 aromatic rings. The molecule has 0 radical (unpaired) electrons. The standard InChI is InChI=1S/C13H18N2O7/c1-6-2-3-7(4-8(6)15(20)21)14-13-11(19)10(18)12(22-13)9(17)5-16/h2-4,9-14,16-19H,5H2,1H3/t9-,10+,11-,12-,13-/m0/s1. The Morgan fingerprint density at radius 1 is 1.41 bits per heavy atom. The minimum absolute atomic E-state index is 0.0926. The number of anilines is 1. The van der Waals surface area contributed by atoms with Gasteiger partial charge in [-0.25, -0.2) is 0 Å². The quantitative estimate of drug-likeness (QED) is 0.348. The maximum Gasteiger partial charge on any atom is 0.274 e. The Morgan fingerprint density at radius 3 is 2.68 bits per heavy atom. The van der Waals surface area contributed by atoms with E-state index in [2.05, 4.69) is 5.32 Å². The minimum atomic E-state index is -1.39. The van der Waals surface area contributed by atoms with Crippen molar-refractivity contribution in [2.75, 3.05) is 11.9 Å². The highest BCUT2D eigenvalue weighted by molar-refractivity contribution is 5.55. The third-order valence-corrected chi connectivity index (χ3v) is 3.58. The Kier molecular flexibility index (Phi) is 4.94. The fourth-order valence-electron chi connectivity index (χ4n) is 2.31. The molecule has 0 aromatic heterocycles. The molecule has 1 fully saturated rings. The number of hydrogen-bond acceptors (Lipinski definition) is 8. The van der Waals surface area contributed by atoms with Gasteiger partial charge in [-0.1, -0.05) is 6.07 Å². The van der Waals surface area contributed by atoms with Crippen molar-refractivity contribution in [3.8, 4) is 0 Å². The first-order chi connectivity index (χ1) is 10.3. The molecule has 0 saturated carbocycles. The number of aliphatic hydroxyl groups is 4. The zero-order chi connectivity index (χ0) is 16.4. The number of nitro benzene ring substituents is 1. The average Bonchev–Trinajstić information content (AvgIpc) is 2.76. The fourth-order valence-corrected chi connectivity index (χ4v) is 2.31. The van der Waals surface area contributed by atoms with Gasteiger partial charge in [0, 0.05) is 17.3 Å². The molecule has 1 aliphatic rings. The lowest BCUT2D eigenvalue weighted by Gasteiger charge is -2.19. The van der Waals surface area contributed by atoms with Crippen LogP contribution in [0, 0.1) is 17.0 Å². The van der Waals surface area contributed by atoms with E-state index in [1.54, 1.807) is 13.0 Å². The second-order valence-electron chi connectivity index (χ2n) is 5.16. The van der Waals surface area contributed by atoms with Crippen LogP contribution in [-0.4, -0.2) is 62.6 Å². The smallest absolute Gasteiger partial charge is 0.274 e. The Hall–Kier alpha value is -1.78. The van der Waals surface area contributed by atoms with Crippen LogP contribution in [0.15, 0.2) is 18.2 Å². The number of hydrogen-bond donors (Lipinski definition) is 5. The molecule has 1 aliphatic heterocycles. The van der Waals surface area contributed by atoms with E-state index in [-0.39, 0.29) is 5.69 Å². The highest BCUT2D eigenvalue weighted by Gasteiger charge is 2.45. The van der Waals surface area contributed by atoms with E-state index in [0.717, 1.165) is 0 Å². The third-order valence-electron chi connectivity index (χ3n) is 3.58. The number of rotatable bonds is 5. The average molecular weight is 314 g/mol. The molecule has 0 unspecified atom stereocenters. The maximum atomic E-state index is 10.9. The second kappa shape index (κ2) is 6.55. The van der Waals surface area contributed by atoms with Crippen molar-refractivity contribution >= 4 is 11.4 Å². The van der Waals surface area contributed by atoms with Crippen LogP contribution in [0.4, 0.5) is 11.4 Å². The predicted octanol–water partition coefficient (Wildman–Crippen LogP) is -0.885. The van der Waals surface area contributed by atoms with Crippen molar-refractivity contribution in [3.05, 3.63) is 33.9 Å². The van der Waals surface area contributed by atoms with Crippen LogP contribution in [0.25, 0.3) is 0 Å². The van der Waals surface area contributed by atoms with Crippen molar-refractivity contribution in [1.82, 2.24) is 0 Å². The van der Waals surface area contributed by atoms with Gasteiger partial charge < -0.3 is 30.5 Å². The molecule has 0 aliphatic carbocycles. The van der Waals surface area contributed by atoms with Crippen molar-refractivity contribution in [3.63, 3.8) is 0 Å². The molecule has 0 spiro atoms. The van der Waals surface area contributed by atoms with E-state index >= 15 is 0 Å². The summed E-state index contributed by atoms with van der Waals surface area (Å²) in [5.74, 6) is 0. The monoisotopic (exact) mass is 314 g/mol. The van der Waals surface area contributed by atoms with Gasteiger partial charge in [0.1, 0.15) is 24.4 Å². The number of aliphatic hydroxyl groups excluding tert-OH is 4. The summed E-state index contributed by atoms with van der Waals surface area (Å²) >= 11 is 0. The van der Waals surface area contributed by atoms with Gasteiger partial charge in [-0.15, -0.1) is 0 Å². The largest absolute Gasteiger partial charge is 0.394 e. The number of ether oxygens (including phenoxy) is 1. The summed E-state index contributed by atoms with van der Waals surface area (Å²) in [6.07, 6.45) is -6.31. The highest BCUT2D eigenvalue weighted by atomic mass is 16.6. The van der Waals surface area contributed by atoms with Crippen LogP contribution >= 0.6 is 0 Å². The fraction of sp³-hybridized carbons (Fsp3) is 0.538. The number of nitrogens with one attached hydrogen (secondary N) is 1. The van der Waals surface area contributed by atoms with Gasteiger partial charge >= 0.3 is 0 Å². The third kappa shape index (κ3) is 3.18. The summed E-state index contributed by atoms with van der Waals surface area (Å²) < 4.78 is 5.28. The maximum absolute atomic E-state index is 10.9. The molecule has 2 rings (SSSR count). The predicted molar refractivity (Wildman–Crippen MR) is 75.2 cm³/mol. The molecule has 9 heteroatoms. The minimum Gasteiger partial charge on any atom is -0.394 e. The van der Waals surface area contributed by atoms with Crippen LogP contribution in [0.1, 0.15) is 5.56 Å². The van der Waals surface area contributed by atoms with Gasteiger partial charge in [-0.05, 0) is 13.0 Å². The van der Waals surface area contributed by atoms with Gasteiger partial charge in [0.2, 0.25) is 0 Å². The molecule has 1 heterocycles. The SMILES string of the molecule is Cc1ccc(N[C@H]2O[C@@H]([C@@H](O)CO)[C@H](O)[C@@H]2O)cc1[N+](=O)[O-]. The zero-order valence-corrected chi connectivity index (χ0v) is 11.8. The van der Waals surface area contributed by atoms with E-state index in [1.165, 1.54) is 12.1 Å². The highest BCUT2D eigenvalue weighted by Crippen LogP contribution is 2.28. The molecule has 22 heavy (non-hydrogen) atoms. The topological polar surface area (TPSA) is 145 Å². The molecule has 0 bridgehead atoms. The summed E-state index contributed by atoms with van der Waals surface area (Å²) in [7, 11) is 0. The Bertz CT molecular complexity index is 553. The molecule has 1 aromatic carbocycles. The van der Waals surface area contributed by atoms with E-state index in [1.807, 2.05) is 0 Å². The van der Waals surface area contributed by atoms with E-state index in [4.69, 9.17) is 9.84 Å². The molecule has 1 saturated heterocycles. The van der Waals surface area contributed by atoms with Gasteiger partial charge in [0.25, 0.3) is 5.69 Å². The van der Waals surface area contributed by atoms with Crippen LogP contribution in [-0.2, 0) is 4.74 Å². The number of nitrogens with zero attached hydrogens (tertiary/aromatic N) is 1. The Morgan fingerprint density at radius 2 is 2.09 bits per heavy atom. The first-order valence-corrected chi connectivity index (χ1v) is 6.67. The van der Waals surface area contributed by atoms with Crippen LogP contribution < -0.4 is 5.32 Å². The van der Waals surface area contributed by atoms with Crippen molar-refractivity contribution < 1.29 is 30.1 Å². The van der Waals surface area contributed by atoms with Gasteiger partial charge in [-0.2, -0.15) is 0 Å². The first kappa shape index (κ1) is 16.6. The van der Waals surface area contributed by atoms with Gasteiger partial charge in [0.15, 0.2) is 6.23 Å². The Balaban J connectivity index is 2.14. The van der Waals surface area contributed by atoms with Gasteiger partial charge in [-0.3, -0.25) is 10.1 Å². The molecular formula is C13H18N2O7. The lowest BCUT2D eigenvalue weighted by Crippen LogP contribution is -2.40. The molecule has 122 valence electrons. The lowest BCUT2D eigenvalue weighted by molar-refractivity contribution is -0.385. The van der Waals surface area contributed by atoms with Crippen LogP contribution in [0.2, 0.25) is 0 Å². The summed E-state index contributed by atoms with van der Waals surface area (Å²) in [6.45, 7) is 0.970. The van der Waals surface area contributed by atoms with E-state index in [9.17, 15) is 25.4 Å². The molecular weight excluding hydrogens is 296 g/mol. The number of nitro groups is 1. The summed E-state index contributed by atoms with van der Waals surface area (Å²) in [6, 6.07) is 4.40. The van der Waals surface area contributed by atoms with E-state index < -0.39 is 42.2 Å². The summed E-state index contributed by atoms with van der Waals surface area (Å²) in [5, 5.41) is 51.7. The lowest BCUT2D eigenvalue weighted by atomic mass is 10.1. The zero-order valence-electron chi connectivity index (χ0n) is 11.8. The Labute approximate surface area is 125 Å². The molecule has 9 nitrogen and oxygen atoms in total.